The number of esters is 1. The molecule has 0 aliphatic heterocycles. The zero-order chi connectivity index (χ0) is 29.0. The van der Waals surface area contributed by atoms with Crippen molar-refractivity contribution in [2.45, 2.75) is 51.4 Å². The second kappa shape index (κ2) is 15.4. The SMILES string of the molecule is C=CCCC1CCC(c2ccc(-c3ccc(-c4cc(OCCOC)cc(OCCOC(C)=O)c4)cc3)cc2F)CC1. The predicted octanol–water partition coefficient (Wildman–Crippen LogP) is 8.37. The van der Waals surface area contributed by atoms with Crippen molar-refractivity contribution in [3.63, 3.8) is 0 Å². The van der Waals surface area contributed by atoms with Crippen LogP contribution >= 0.6 is 0 Å². The standard InChI is InChI=1S/C35H41FO5/c1-4-5-6-26-7-9-29(10-8-26)34-16-15-30(23-35(34)36)27-11-13-28(14-12-27)31-21-32(40-18-17-38-3)24-33(22-31)41-20-19-39-25(2)37/h4,11-16,21-24,26,29H,1,5-10,17-20H2,2-3H3. The zero-order valence-electron chi connectivity index (χ0n) is 24.2. The van der Waals surface area contributed by atoms with E-state index in [1.165, 1.54) is 26.2 Å². The number of allylic oxidation sites excluding steroid dienone is 1. The van der Waals surface area contributed by atoms with Gasteiger partial charge in [0.15, 0.2) is 0 Å². The van der Waals surface area contributed by atoms with Crippen LogP contribution in [0, 0.1) is 11.7 Å². The number of methoxy groups -OCH3 is 1. The molecule has 1 saturated carbocycles. The van der Waals surface area contributed by atoms with Crippen molar-refractivity contribution < 1.29 is 28.1 Å². The molecular weight excluding hydrogens is 519 g/mol. The number of rotatable bonds is 14. The second-order valence-corrected chi connectivity index (χ2v) is 10.6. The van der Waals surface area contributed by atoms with Crippen LogP contribution in [0.15, 0.2) is 73.3 Å². The smallest absolute Gasteiger partial charge is 0.302 e. The van der Waals surface area contributed by atoms with Gasteiger partial charge < -0.3 is 18.9 Å². The van der Waals surface area contributed by atoms with Crippen LogP contribution in [0.5, 0.6) is 11.5 Å². The minimum Gasteiger partial charge on any atom is -0.491 e. The van der Waals surface area contributed by atoms with Gasteiger partial charge >= 0.3 is 5.97 Å². The van der Waals surface area contributed by atoms with Gasteiger partial charge in [-0.1, -0.05) is 42.5 Å². The number of carbonyl (C=O) groups excluding carboxylic acids is 1. The van der Waals surface area contributed by atoms with Gasteiger partial charge in [-0.3, -0.25) is 4.79 Å². The maximum absolute atomic E-state index is 15.3. The van der Waals surface area contributed by atoms with Crippen molar-refractivity contribution in [1.29, 1.82) is 0 Å². The first-order valence-electron chi connectivity index (χ1n) is 14.5. The fourth-order valence-corrected chi connectivity index (χ4v) is 5.50. The lowest BCUT2D eigenvalue weighted by Gasteiger charge is -2.29. The summed E-state index contributed by atoms with van der Waals surface area (Å²) in [5, 5.41) is 0. The van der Waals surface area contributed by atoms with Gasteiger partial charge in [-0.2, -0.15) is 0 Å². The lowest BCUT2D eigenvalue weighted by Crippen LogP contribution is -2.14. The maximum Gasteiger partial charge on any atom is 0.302 e. The lowest BCUT2D eigenvalue weighted by atomic mass is 9.77. The Hall–Kier alpha value is -3.64. The van der Waals surface area contributed by atoms with Crippen LogP contribution < -0.4 is 9.47 Å². The highest BCUT2D eigenvalue weighted by molar-refractivity contribution is 5.72. The molecule has 1 aliphatic rings. The van der Waals surface area contributed by atoms with Crippen LogP contribution in [0.2, 0.25) is 0 Å². The van der Waals surface area contributed by atoms with E-state index < -0.39 is 0 Å². The first-order valence-corrected chi connectivity index (χ1v) is 14.5. The summed E-state index contributed by atoms with van der Waals surface area (Å²) in [5.74, 6) is 1.85. The van der Waals surface area contributed by atoms with Crippen molar-refractivity contribution in [2.75, 3.05) is 33.5 Å². The minimum atomic E-state index is -0.345. The molecule has 0 spiro atoms. The molecule has 1 aliphatic carbocycles. The molecule has 1 fully saturated rings. The van der Waals surface area contributed by atoms with Gasteiger partial charge in [-0.05, 0) is 96.4 Å². The number of benzene rings is 3. The molecule has 5 nitrogen and oxygen atoms in total. The van der Waals surface area contributed by atoms with Gasteiger partial charge in [0.25, 0.3) is 0 Å². The summed E-state index contributed by atoms with van der Waals surface area (Å²) in [6.45, 7) is 6.47. The van der Waals surface area contributed by atoms with E-state index >= 15 is 4.39 Å². The molecule has 41 heavy (non-hydrogen) atoms. The number of halogens is 1. The molecule has 0 unspecified atom stereocenters. The van der Waals surface area contributed by atoms with Crippen LogP contribution in [-0.4, -0.2) is 39.5 Å². The highest BCUT2D eigenvalue weighted by atomic mass is 19.1. The van der Waals surface area contributed by atoms with E-state index in [4.69, 9.17) is 18.9 Å². The highest BCUT2D eigenvalue weighted by Crippen LogP contribution is 2.39. The summed E-state index contributed by atoms with van der Waals surface area (Å²) in [4.78, 5) is 11.0. The molecule has 3 aromatic carbocycles. The van der Waals surface area contributed by atoms with E-state index in [0.717, 1.165) is 53.0 Å². The maximum atomic E-state index is 15.3. The normalized spacial score (nSPS) is 16.7. The van der Waals surface area contributed by atoms with E-state index in [0.29, 0.717) is 30.6 Å². The van der Waals surface area contributed by atoms with Gasteiger partial charge in [0.1, 0.15) is 37.1 Å². The number of ether oxygens (including phenoxy) is 4. The van der Waals surface area contributed by atoms with Crippen molar-refractivity contribution in [3.8, 4) is 33.8 Å². The predicted molar refractivity (Wildman–Crippen MR) is 161 cm³/mol. The van der Waals surface area contributed by atoms with Crippen LogP contribution in [0.1, 0.15) is 56.9 Å². The van der Waals surface area contributed by atoms with Gasteiger partial charge in [-0.15, -0.1) is 6.58 Å². The first-order chi connectivity index (χ1) is 20.0. The van der Waals surface area contributed by atoms with Crippen LogP contribution in [0.25, 0.3) is 22.3 Å². The zero-order valence-corrected chi connectivity index (χ0v) is 24.2. The topological polar surface area (TPSA) is 54.0 Å². The largest absolute Gasteiger partial charge is 0.491 e. The highest BCUT2D eigenvalue weighted by Gasteiger charge is 2.24. The Bertz CT molecular complexity index is 1280. The number of hydrogen-bond acceptors (Lipinski definition) is 5. The molecule has 0 aromatic heterocycles. The molecule has 0 saturated heterocycles. The average Bonchev–Trinajstić information content (AvgIpc) is 2.99. The molecule has 4 rings (SSSR count). The van der Waals surface area contributed by atoms with Crippen LogP contribution in [0.3, 0.4) is 0 Å². The Morgan fingerprint density at radius 1 is 0.829 bits per heavy atom. The molecule has 0 radical (unpaired) electrons. The molecule has 0 N–H and O–H groups in total. The third-order valence-electron chi connectivity index (χ3n) is 7.71. The van der Waals surface area contributed by atoms with Crippen molar-refractivity contribution >= 4 is 5.97 Å². The fourth-order valence-electron chi connectivity index (χ4n) is 5.50. The molecule has 6 heteroatoms. The van der Waals surface area contributed by atoms with Crippen LogP contribution in [-0.2, 0) is 14.3 Å². The molecule has 0 bridgehead atoms. The van der Waals surface area contributed by atoms with Gasteiger partial charge in [0, 0.05) is 20.1 Å². The Morgan fingerprint density at radius 3 is 2.02 bits per heavy atom. The minimum absolute atomic E-state index is 0.113. The van der Waals surface area contributed by atoms with Crippen LogP contribution in [0.4, 0.5) is 4.39 Å². The Balaban J connectivity index is 1.46. The third-order valence-corrected chi connectivity index (χ3v) is 7.71. The molecule has 218 valence electrons. The van der Waals surface area contributed by atoms with Crippen molar-refractivity contribution in [3.05, 3.63) is 84.7 Å². The number of carbonyl (C=O) groups is 1. The van der Waals surface area contributed by atoms with E-state index in [-0.39, 0.29) is 25.0 Å². The van der Waals surface area contributed by atoms with Gasteiger partial charge in [-0.25, -0.2) is 4.39 Å². The average molecular weight is 561 g/mol. The van der Waals surface area contributed by atoms with Crippen molar-refractivity contribution in [1.82, 2.24) is 0 Å². The third kappa shape index (κ3) is 8.92. The van der Waals surface area contributed by atoms with E-state index in [1.807, 2.05) is 54.6 Å². The summed E-state index contributed by atoms with van der Waals surface area (Å²) in [5.41, 5.74) is 4.56. The summed E-state index contributed by atoms with van der Waals surface area (Å²) in [6, 6.07) is 19.4. The van der Waals surface area contributed by atoms with Gasteiger partial charge in [0.2, 0.25) is 0 Å². The fraction of sp³-hybridized carbons (Fsp3) is 0.400. The molecule has 3 aromatic rings. The van der Waals surface area contributed by atoms with Gasteiger partial charge in [0.05, 0.1) is 6.61 Å². The lowest BCUT2D eigenvalue weighted by molar-refractivity contribution is -0.141. The van der Waals surface area contributed by atoms with Crippen molar-refractivity contribution in [2.24, 2.45) is 5.92 Å². The number of hydrogen-bond donors (Lipinski definition) is 0. The molecule has 0 amide bonds. The summed E-state index contributed by atoms with van der Waals surface area (Å²) in [6.07, 6.45) is 8.69. The molecular formula is C35H41FO5. The Morgan fingerprint density at radius 2 is 1.44 bits per heavy atom. The summed E-state index contributed by atoms with van der Waals surface area (Å²) < 4.78 is 37.0. The second-order valence-electron chi connectivity index (χ2n) is 10.6. The Kier molecular flexibility index (Phi) is 11.4. The summed E-state index contributed by atoms with van der Waals surface area (Å²) >= 11 is 0. The monoisotopic (exact) mass is 560 g/mol. The first kappa shape index (κ1) is 30.3. The Labute approximate surface area is 243 Å². The molecule has 0 heterocycles. The quantitative estimate of drug-likeness (QED) is 0.113. The van der Waals surface area contributed by atoms with E-state index in [9.17, 15) is 4.79 Å². The van der Waals surface area contributed by atoms with E-state index in [1.54, 1.807) is 19.2 Å². The summed E-state index contributed by atoms with van der Waals surface area (Å²) in [7, 11) is 1.63. The molecule has 0 atom stereocenters. The van der Waals surface area contributed by atoms with E-state index in [2.05, 4.69) is 6.58 Å².